The number of aryl methyl sites for hydroxylation is 3. The molecule has 1 atom stereocenters. The molecule has 0 aliphatic rings. The van der Waals surface area contributed by atoms with E-state index in [-0.39, 0.29) is 5.91 Å². The van der Waals surface area contributed by atoms with Crippen LogP contribution in [0.25, 0.3) is 6.08 Å². The zero-order valence-electron chi connectivity index (χ0n) is 15.3. The number of esters is 1. The zero-order valence-corrected chi connectivity index (χ0v) is 16.1. The second-order valence-corrected chi connectivity index (χ2v) is 6.67. The number of hydrogen-bond donors (Lipinski definition) is 1. The number of ether oxygens (including phenoxy) is 1. The molecule has 0 radical (unpaired) electrons. The highest BCUT2D eigenvalue weighted by atomic mass is 35.5. The first-order valence-electron chi connectivity index (χ1n) is 8.29. The first-order chi connectivity index (χ1) is 12.3. The van der Waals surface area contributed by atoms with E-state index in [2.05, 4.69) is 5.32 Å². The third kappa shape index (κ3) is 5.46. The Bertz CT molecular complexity index is 835. The van der Waals surface area contributed by atoms with Crippen molar-refractivity contribution in [3.05, 3.63) is 69.8 Å². The molecule has 1 N–H and O–H groups in total. The molecule has 26 heavy (non-hydrogen) atoms. The van der Waals surface area contributed by atoms with E-state index >= 15 is 0 Å². The highest BCUT2D eigenvalue weighted by Gasteiger charge is 2.18. The summed E-state index contributed by atoms with van der Waals surface area (Å²) in [5.74, 6) is -0.963. The standard InChI is InChI=1S/C21H22ClNO3/c1-13-10-14(2)20(15(3)11-13)23-21(25)16(4)26-19(24)9-8-17-6-5-7-18(22)12-17/h5-12,16H,1-4H3,(H,23,25)/b9-8+/t16-/m1/s1. The van der Waals surface area contributed by atoms with Gasteiger partial charge < -0.3 is 10.1 Å². The maximum Gasteiger partial charge on any atom is 0.331 e. The molecule has 2 rings (SSSR count). The van der Waals surface area contributed by atoms with Crippen molar-refractivity contribution in [1.82, 2.24) is 0 Å². The molecule has 2 aromatic carbocycles. The van der Waals surface area contributed by atoms with Crippen LogP contribution in [0.3, 0.4) is 0 Å². The average Bonchev–Trinajstić information content (AvgIpc) is 2.56. The summed E-state index contributed by atoms with van der Waals surface area (Å²) in [6.07, 6.45) is 1.96. The lowest BCUT2D eigenvalue weighted by Gasteiger charge is -2.16. The molecular formula is C21H22ClNO3. The fourth-order valence-corrected chi connectivity index (χ4v) is 2.84. The average molecular weight is 372 g/mol. The Hall–Kier alpha value is -2.59. The number of benzene rings is 2. The van der Waals surface area contributed by atoms with Gasteiger partial charge in [-0.05, 0) is 62.6 Å². The summed E-state index contributed by atoms with van der Waals surface area (Å²) < 4.78 is 5.17. The van der Waals surface area contributed by atoms with Gasteiger partial charge in [-0.15, -0.1) is 0 Å². The Balaban J connectivity index is 1.97. The molecule has 136 valence electrons. The number of nitrogens with one attached hydrogen (secondary N) is 1. The number of carbonyl (C=O) groups is 2. The van der Waals surface area contributed by atoms with Crippen LogP contribution in [0.1, 0.15) is 29.2 Å². The van der Waals surface area contributed by atoms with Crippen molar-refractivity contribution in [3.63, 3.8) is 0 Å². The molecule has 2 aromatic rings. The molecule has 0 saturated carbocycles. The molecular weight excluding hydrogens is 350 g/mol. The minimum atomic E-state index is -0.911. The number of carbonyl (C=O) groups excluding carboxylic acids is 2. The second kappa shape index (κ2) is 8.68. The van der Waals surface area contributed by atoms with Crippen LogP contribution in [-0.4, -0.2) is 18.0 Å². The minimum Gasteiger partial charge on any atom is -0.449 e. The van der Waals surface area contributed by atoms with E-state index in [1.54, 1.807) is 31.2 Å². The summed E-state index contributed by atoms with van der Waals surface area (Å²) in [6, 6.07) is 11.1. The van der Waals surface area contributed by atoms with Crippen molar-refractivity contribution in [3.8, 4) is 0 Å². The molecule has 0 aliphatic carbocycles. The molecule has 4 nitrogen and oxygen atoms in total. The summed E-state index contributed by atoms with van der Waals surface area (Å²) >= 11 is 5.90. The van der Waals surface area contributed by atoms with Crippen LogP contribution in [-0.2, 0) is 14.3 Å². The summed E-state index contributed by atoms with van der Waals surface area (Å²) in [5.41, 5.74) is 4.59. The van der Waals surface area contributed by atoms with Crippen LogP contribution in [0.5, 0.6) is 0 Å². The van der Waals surface area contributed by atoms with Crippen molar-refractivity contribution in [2.24, 2.45) is 0 Å². The highest BCUT2D eigenvalue weighted by Crippen LogP contribution is 2.22. The molecule has 0 bridgehead atoms. The Morgan fingerprint density at radius 1 is 1.12 bits per heavy atom. The molecule has 5 heteroatoms. The van der Waals surface area contributed by atoms with Gasteiger partial charge in [0.2, 0.25) is 0 Å². The fraction of sp³-hybridized carbons (Fsp3) is 0.238. The van der Waals surface area contributed by atoms with Crippen molar-refractivity contribution < 1.29 is 14.3 Å². The van der Waals surface area contributed by atoms with Gasteiger partial charge in [0.25, 0.3) is 5.91 Å². The van der Waals surface area contributed by atoms with E-state index in [1.165, 1.54) is 6.08 Å². The van der Waals surface area contributed by atoms with Crippen molar-refractivity contribution in [2.75, 3.05) is 5.32 Å². The van der Waals surface area contributed by atoms with E-state index in [1.807, 2.05) is 39.0 Å². The van der Waals surface area contributed by atoms with Crippen LogP contribution in [0, 0.1) is 20.8 Å². The number of amides is 1. The second-order valence-electron chi connectivity index (χ2n) is 6.23. The van der Waals surface area contributed by atoms with E-state index < -0.39 is 12.1 Å². The number of hydrogen-bond acceptors (Lipinski definition) is 3. The predicted molar refractivity (Wildman–Crippen MR) is 105 cm³/mol. The minimum absolute atomic E-state index is 0.371. The third-order valence-corrected chi connectivity index (χ3v) is 4.08. The van der Waals surface area contributed by atoms with Gasteiger partial charge in [-0.2, -0.15) is 0 Å². The lowest BCUT2D eigenvalue weighted by Crippen LogP contribution is -2.30. The molecule has 0 saturated heterocycles. The van der Waals surface area contributed by atoms with Gasteiger partial charge in [-0.1, -0.05) is 41.4 Å². The van der Waals surface area contributed by atoms with Gasteiger partial charge in [0.1, 0.15) is 0 Å². The van der Waals surface area contributed by atoms with Crippen LogP contribution in [0.2, 0.25) is 5.02 Å². The highest BCUT2D eigenvalue weighted by molar-refractivity contribution is 6.30. The summed E-state index contributed by atoms with van der Waals surface area (Å²) in [7, 11) is 0. The summed E-state index contributed by atoms with van der Waals surface area (Å²) in [4.78, 5) is 24.3. The monoisotopic (exact) mass is 371 g/mol. The Morgan fingerprint density at radius 3 is 2.38 bits per heavy atom. The maximum absolute atomic E-state index is 12.3. The topological polar surface area (TPSA) is 55.4 Å². The van der Waals surface area contributed by atoms with Crippen molar-refractivity contribution >= 4 is 35.2 Å². The van der Waals surface area contributed by atoms with E-state index in [9.17, 15) is 9.59 Å². The van der Waals surface area contributed by atoms with Gasteiger partial charge in [0, 0.05) is 16.8 Å². The van der Waals surface area contributed by atoms with Gasteiger partial charge in [0.05, 0.1) is 0 Å². The lowest BCUT2D eigenvalue weighted by molar-refractivity contribution is -0.148. The third-order valence-electron chi connectivity index (χ3n) is 3.85. The van der Waals surface area contributed by atoms with Gasteiger partial charge in [-0.3, -0.25) is 4.79 Å². The molecule has 0 heterocycles. The Kier molecular flexibility index (Phi) is 6.58. The van der Waals surface area contributed by atoms with Crippen molar-refractivity contribution in [1.29, 1.82) is 0 Å². The SMILES string of the molecule is Cc1cc(C)c(NC(=O)[C@@H](C)OC(=O)/C=C/c2cccc(Cl)c2)c(C)c1. The number of anilines is 1. The molecule has 1 amide bonds. The zero-order chi connectivity index (χ0) is 19.3. The normalized spacial score (nSPS) is 12.0. The predicted octanol–water partition coefficient (Wildman–Crippen LogP) is 4.85. The molecule has 0 aromatic heterocycles. The fourth-order valence-electron chi connectivity index (χ4n) is 2.64. The number of halogens is 1. The maximum atomic E-state index is 12.3. The summed E-state index contributed by atoms with van der Waals surface area (Å²) in [5, 5.41) is 3.42. The Morgan fingerprint density at radius 2 is 1.77 bits per heavy atom. The van der Waals surface area contributed by atoms with Crippen LogP contribution in [0.4, 0.5) is 5.69 Å². The quantitative estimate of drug-likeness (QED) is 0.603. The smallest absolute Gasteiger partial charge is 0.331 e. The number of rotatable bonds is 5. The summed E-state index contributed by atoms with van der Waals surface area (Å²) in [6.45, 7) is 7.40. The molecule has 0 aliphatic heterocycles. The lowest BCUT2D eigenvalue weighted by atomic mass is 10.0. The first kappa shape index (κ1) is 19.7. The molecule has 0 spiro atoms. The van der Waals surface area contributed by atoms with Crippen LogP contribution in [0.15, 0.2) is 42.5 Å². The molecule has 0 fully saturated rings. The van der Waals surface area contributed by atoms with Gasteiger partial charge in [-0.25, -0.2) is 4.79 Å². The van der Waals surface area contributed by atoms with Crippen LogP contribution < -0.4 is 5.32 Å². The largest absolute Gasteiger partial charge is 0.449 e. The van der Waals surface area contributed by atoms with E-state index in [0.717, 1.165) is 27.9 Å². The Labute approximate surface area is 158 Å². The van der Waals surface area contributed by atoms with E-state index in [0.29, 0.717) is 5.02 Å². The van der Waals surface area contributed by atoms with Gasteiger partial charge >= 0.3 is 5.97 Å². The van der Waals surface area contributed by atoms with Gasteiger partial charge in [0.15, 0.2) is 6.10 Å². The van der Waals surface area contributed by atoms with E-state index in [4.69, 9.17) is 16.3 Å². The van der Waals surface area contributed by atoms with Crippen molar-refractivity contribution in [2.45, 2.75) is 33.8 Å². The van der Waals surface area contributed by atoms with Crippen LogP contribution >= 0.6 is 11.6 Å². The molecule has 0 unspecified atom stereocenters. The first-order valence-corrected chi connectivity index (χ1v) is 8.67.